The lowest BCUT2D eigenvalue weighted by Crippen LogP contribution is -2.47. The van der Waals surface area contributed by atoms with E-state index in [1.54, 1.807) is 0 Å². The average molecular weight is 190 g/mol. The van der Waals surface area contributed by atoms with Crippen molar-refractivity contribution in [2.75, 3.05) is 19.0 Å². The summed E-state index contributed by atoms with van der Waals surface area (Å²) in [7, 11) is -0.117. The molecule has 3 aliphatic rings. The highest BCUT2D eigenvalue weighted by atomic mass is 31.1. The highest BCUT2D eigenvalue weighted by Crippen LogP contribution is 2.50. The van der Waals surface area contributed by atoms with E-state index in [1.807, 2.05) is 0 Å². The molecule has 12 heavy (non-hydrogen) atoms. The van der Waals surface area contributed by atoms with Gasteiger partial charge in [-0.3, -0.25) is 0 Å². The Hall–Kier alpha value is 0.310. The smallest absolute Gasteiger partial charge is 0.283 e. The van der Waals surface area contributed by atoms with Crippen molar-refractivity contribution in [3.8, 4) is 0 Å². The van der Waals surface area contributed by atoms with Crippen molar-refractivity contribution in [3.05, 3.63) is 0 Å². The zero-order chi connectivity index (χ0) is 8.44. The lowest BCUT2D eigenvalue weighted by Gasteiger charge is -2.45. The summed E-state index contributed by atoms with van der Waals surface area (Å²) in [4.78, 5) is 0. The second-order valence-electron chi connectivity index (χ2n) is 3.28. The summed E-state index contributed by atoms with van der Waals surface area (Å²) in [6, 6.07) is 0. The van der Waals surface area contributed by atoms with Crippen LogP contribution in [0.25, 0.3) is 0 Å². The van der Waals surface area contributed by atoms with Crippen LogP contribution >= 0.6 is 7.92 Å². The first-order valence-corrected chi connectivity index (χ1v) is 6.39. The Morgan fingerprint density at radius 1 is 1.17 bits per heavy atom. The maximum absolute atomic E-state index is 5.55. The normalized spacial score (nSPS) is 40.2. The number of unbranched alkanes of at least 4 members (excludes halogenated alkanes) is 1. The third-order valence-electron chi connectivity index (χ3n) is 2.24. The molecule has 0 radical (unpaired) electrons. The summed E-state index contributed by atoms with van der Waals surface area (Å²) in [5.41, 5.74) is 0. The molecule has 0 aliphatic carbocycles. The van der Waals surface area contributed by atoms with Gasteiger partial charge in [0.25, 0.3) is 5.97 Å². The van der Waals surface area contributed by atoms with E-state index in [-0.39, 0.29) is 7.92 Å². The van der Waals surface area contributed by atoms with Crippen LogP contribution in [0.5, 0.6) is 0 Å². The first kappa shape index (κ1) is 8.89. The fourth-order valence-corrected chi connectivity index (χ4v) is 2.78. The van der Waals surface area contributed by atoms with Crippen molar-refractivity contribution < 1.29 is 14.2 Å². The van der Waals surface area contributed by atoms with Crippen LogP contribution in [0.1, 0.15) is 26.2 Å². The second-order valence-corrected chi connectivity index (χ2v) is 5.39. The van der Waals surface area contributed by atoms with Gasteiger partial charge in [0.1, 0.15) is 0 Å². The van der Waals surface area contributed by atoms with E-state index < -0.39 is 5.97 Å². The second kappa shape index (κ2) is 3.59. The Morgan fingerprint density at radius 3 is 2.25 bits per heavy atom. The minimum Gasteiger partial charge on any atom is -0.323 e. The lowest BCUT2D eigenvalue weighted by atomic mass is 10.2. The van der Waals surface area contributed by atoms with Gasteiger partial charge in [-0.1, -0.05) is 13.3 Å². The van der Waals surface area contributed by atoms with Crippen LogP contribution in [-0.4, -0.2) is 25.0 Å². The molecule has 0 amide bonds. The molecule has 0 atom stereocenters. The number of rotatable bonds is 3. The summed E-state index contributed by atoms with van der Waals surface area (Å²) in [6.45, 7) is 2.16. The molecule has 3 aliphatic heterocycles. The van der Waals surface area contributed by atoms with Crippen LogP contribution in [0, 0.1) is 0 Å². The molecule has 0 spiro atoms. The lowest BCUT2D eigenvalue weighted by molar-refractivity contribution is -0.385. The first-order valence-electron chi connectivity index (χ1n) is 4.49. The van der Waals surface area contributed by atoms with Crippen molar-refractivity contribution >= 4 is 7.92 Å². The van der Waals surface area contributed by atoms with Crippen LogP contribution in [-0.2, 0) is 14.2 Å². The van der Waals surface area contributed by atoms with Crippen LogP contribution in [0.3, 0.4) is 0 Å². The average Bonchev–Trinajstić information content (AvgIpc) is 2.18. The van der Waals surface area contributed by atoms with Crippen LogP contribution < -0.4 is 0 Å². The third-order valence-corrected chi connectivity index (χ3v) is 3.72. The number of fused-ring (bicyclic) bond motifs is 3. The van der Waals surface area contributed by atoms with E-state index in [0.29, 0.717) is 0 Å². The summed E-state index contributed by atoms with van der Waals surface area (Å²) < 4.78 is 16.7. The molecule has 0 unspecified atom stereocenters. The van der Waals surface area contributed by atoms with Gasteiger partial charge in [0.2, 0.25) is 0 Å². The van der Waals surface area contributed by atoms with E-state index >= 15 is 0 Å². The predicted octanol–water partition coefficient (Wildman–Crippen LogP) is 2.26. The van der Waals surface area contributed by atoms with Crippen molar-refractivity contribution in [3.63, 3.8) is 0 Å². The van der Waals surface area contributed by atoms with E-state index in [2.05, 4.69) is 6.92 Å². The molecule has 70 valence electrons. The van der Waals surface area contributed by atoms with E-state index in [9.17, 15) is 0 Å². The molecule has 0 N–H and O–H groups in total. The summed E-state index contributed by atoms with van der Waals surface area (Å²) in [6.07, 6.45) is 5.77. The van der Waals surface area contributed by atoms with Crippen molar-refractivity contribution in [2.24, 2.45) is 0 Å². The molecule has 3 saturated heterocycles. The molecule has 0 saturated carbocycles. The quantitative estimate of drug-likeness (QED) is 0.639. The van der Waals surface area contributed by atoms with Crippen molar-refractivity contribution in [1.82, 2.24) is 0 Å². The van der Waals surface area contributed by atoms with Gasteiger partial charge in [0, 0.05) is 6.42 Å². The number of hydrogen-bond donors (Lipinski definition) is 0. The Labute approximate surface area is 74.1 Å². The molecule has 3 heterocycles. The van der Waals surface area contributed by atoms with Gasteiger partial charge in [-0.25, -0.2) is 0 Å². The highest BCUT2D eigenvalue weighted by molar-refractivity contribution is 7.57. The Bertz CT molecular complexity index is 141. The molecule has 0 aromatic rings. The van der Waals surface area contributed by atoms with Gasteiger partial charge in [0.15, 0.2) is 0 Å². The van der Waals surface area contributed by atoms with Gasteiger partial charge in [-0.2, -0.15) is 0 Å². The minimum absolute atomic E-state index is 0.117. The Morgan fingerprint density at radius 2 is 1.75 bits per heavy atom. The fraction of sp³-hybridized carbons (Fsp3) is 1.00. The SMILES string of the molecule is CCCCC12OCP(CO1)CO2. The topological polar surface area (TPSA) is 27.7 Å². The molecule has 3 rings (SSSR count). The van der Waals surface area contributed by atoms with Gasteiger partial charge in [-0.05, 0) is 14.3 Å². The van der Waals surface area contributed by atoms with Gasteiger partial charge >= 0.3 is 0 Å². The molecule has 3 fully saturated rings. The number of ether oxygens (including phenoxy) is 3. The first-order chi connectivity index (χ1) is 5.85. The van der Waals surface area contributed by atoms with Gasteiger partial charge < -0.3 is 14.2 Å². The van der Waals surface area contributed by atoms with Gasteiger partial charge in [-0.15, -0.1) is 0 Å². The maximum atomic E-state index is 5.55. The molecule has 0 aromatic heterocycles. The largest absolute Gasteiger partial charge is 0.323 e. The highest BCUT2D eigenvalue weighted by Gasteiger charge is 2.43. The Kier molecular flexibility index (Phi) is 2.66. The van der Waals surface area contributed by atoms with E-state index in [1.165, 1.54) is 0 Å². The van der Waals surface area contributed by atoms with Crippen LogP contribution in [0.15, 0.2) is 0 Å². The van der Waals surface area contributed by atoms with Crippen LogP contribution in [0.4, 0.5) is 0 Å². The molecular weight excluding hydrogens is 175 g/mol. The Balaban J connectivity index is 1.90. The fourth-order valence-electron chi connectivity index (χ4n) is 1.42. The molecule has 4 heteroatoms. The van der Waals surface area contributed by atoms with Gasteiger partial charge in [0.05, 0.1) is 19.0 Å². The van der Waals surface area contributed by atoms with E-state index in [0.717, 1.165) is 38.3 Å². The van der Waals surface area contributed by atoms with Crippen molar-refractivity contribution in [1.29, 1.82) is 0 Å². The van der Waals surface area contributed by atoms with E-state index in [4.69, 9.17) is 14.2 Å². The molecule has 0 aromatic carbocycles. The molecule has 2 bridgehead atoms. The maximum Gasteiger partial charge on any atom is 0.283 e. The predicted molar refractivity (Wildman–Crippen MR) is 47.0 cm³/mol. The standard InChI is InChI=1S/C8H15O3P/c1-2-3-4-8-9-5-12(6-10-8)7-11-8/h2-7H2,1H3. The summed E-state index contributed by atoms with van der Waals surface area (Å²) in [5.74, 6) is -0.646. The summed E-state index contributed by atoms with van der Waals surface area (Å²) in [5, 5.41) is 0. The minimum atomic E-state index is -0.646. The molecular formula is C8H15O3P. The zero-order valence-corrected chi connectivity index (χ0v) is 8.31. The third kappa shape index (κ3) is 1.64. The number of hydrogen-bond acceptors (Lipinski definition) is 3. The zero-order valence-electron chi connectivity index (χ0n) is 7.41. The van der Waals surface area contributed by atoms with Crippen LogP contribution in [0.2, 0.25) is 0 Å². The molecule has 3 nitrogen and oxygen atoms in total. The van der Waals surface area contributed by atoms with Crippen molar-refractivity contribution in [2.45, 2.75) is 32.2 Å². The monoisotopic (exact) mass is 190 g/mol. The summed E-state index contributed by atoms with van der Waals surface area (Å²) >= 11 is 0.